The number of nitrogens with zero attached hydrogens (tertiary/aromatic N) is 3. The molecule has 0 saturated heterocycles. The fourth-order valence-corrected chi connectivity index (χ4v) is 2.18. The molecule has 0 fully saturated rings. The Kier molecular flexibility index (Phi) is 6.06. The monoisotopic (exact) mass is 380 g/mol. The van der Waals surface area contributed by atoms with Gasteiger partial charge in [0, 0.05) is 6.20 Å². The Morgan fingerprint density at radius 1 is 1.29 bits per heavy atom. The van der Waals surface area contributed by atoms with Crippen LogP contribution >= 0.6 is 23.2 Å². The number of hydrogen-bond donors (Lipinski definition) is 1. The first-order chi connectivity index (χ1) is 11.3. The molecule has 0 aliphatic heterocycles. The number of aryl methyl sites for hydroxylation is 1. The molecule has 2 rings (SSSR count). The minimum Gasteiger partial charge on any atom is -0.471 e. The highest BCUT2D eigenvalue weighted by molar-refractivity contribution is 6.33. The van der Waals surface area contributed by atoms with E-state index in [4.69, 9.17) is 27.9 Å². The van der Waals surface area contributed by atoms with E-state index in [0.29, 0.717) is 0 Å². The van der Waals surface area contributed by atoms with Crippen LogP contribution in [0.15, 0.2) is 12.3 Å². The maximum atomic E-state index is 13.6. The summed E-state index contributed by atoms with van der Waals surface area (Å²) in [6.45, 7) is 3.24. The Balaban J connectivity index is 2.05. The zero-order valence-electron chi connectivity index (χ0n) is 12.7. The predicted octanol–water partition coefficient (Wildman–Crippen LogP) is 4.44. The average Bonchev–Trinajstić information content (AvgIpc) is 2.50. The summed E-state index contributed by atoms with van der Waals surface area (Å²) >= 11 is 11.5. The average molecular weight is 381 g/mol. The first-order valence-electron chi connectivity index (χ1n) is 6.81. The van der Waals surface area contributed by atoms with Gasteiger partial charge in [-0.1, -0.05) is 23.2 Å². The second-order valence-corrected chi connectivity index (χ2v) is 5.68. The summed E-state index contributed by atoms with van der Waals surface area (Å²) in [5.41, 5.74) is -0.550. The van der Waals surface area contributed by atoms with E-state index in [-0.39, 0.29) is 34.1 Å². The van der Waals surface area contributed by atoms with Gasteiger partial charge < -0.3 is 10.1 Å². The van der Waals surface area contributed by atoms with Gasteiger partial charge in [0.2, 0.25) is 0 Å². The van der Waals surface area contributed by atoms with Crippen molar-refractivity contribution in [1.82, 2.24) is 15.0 Å². The quantitative estimate of drug-likeness (QED) is 0.802. The fourth-order valence-electron chi connectivity index (χ4n) is 1.80. The number of ether oxygens (including phenoxy) is 1. The summed E-state index contributed by atoms with van der Waals surface area (Å²) in [5, 5.41) is 2.66. The summed E-state index contributed by atoms with van der Waals surface area (Å²) in [6.07, 6.45) is -2.12. The molecular formula is C14H13Cl2F3N4O. The van der Waals surface area contributed by atoms with Crippen molar-refractivity contribution in [2.45, 2.75) is 26.4 Å². The van der Waals surface area contributed by atoms with Crippen LogP contribution in [0.1, 0.15) is 24.9 Å². The molecule has 0 aromatic carbocycles. The van der Waals surface area contributed by atoms with Crippen LogP contribution in [0, 0.1) is 12.7 Å². The van der Waals surface area contributed by atoms with Crippen LogP contribution in [0.2, 0.25) is 10.0 Å². The Morgan fingerprint density at radius 3 is 2.62 bits per heavy atom. The molecule has 0 spiro atoms. The molecule has 0 saturated carbocycles. The standard InChI is InChI=1S/C14H13Cl2F3N4O/c1-6(24-14-9(17)3-8(15)5-21-14)4-20-13-10(16)11(12(18)19)22-7(2)23-13/h3,5-6,12H,4H2,1-2H3,(H,20,22,23). The molecule has 2 heterocycles. The van der Waals surface area contributed by atoms with Crippen LogP contribution in [0.4, 0.5) is 19.0 Å². The zero-order valence-corrected chi connectivity index (χ0v) is 14.2. The maximum absolute atomic E-state index is 13.6. The van der Waals surface area contributed by atoms with Crippen molar-refractivity contribution in [2.24, 2.45) is 0 Å². The number of rotatable bonds is 6. The molecule has 1 atom stereocenters. The lowest BCUT2D eigenvalue weighted by molar-refractivity contribution is 0.146. The summed E-state index contributed by atoms with van der Waals surface area (Å²) in [5.74, 6) is -0.715. The molecule has 2 aromatic heterocycles. The molecule has 2 aromatic rings. The first-order valence-corrected chi connectivity index (χ1v) is 7.57. The van der Waals surface area contributed by atoms with Crippen LogP contribution in [0.5, 0.6) is 5.88 Å². The number of pyridine rings is 1. The van der Waals surface area contributed by atoms with Gasteiger partial charge in [-0.3, -0.25) is 0 Å². The van der Waals surface area contributed by atoms with Gasteiger partial charge in [0.25, 0.3) is 12.3 Å². The smallest absolute Gasteiger partial charge is 0.282 e. The Morgan fingerprint density at radius 2 is 2.00 bits per heavy atom. The van der Waals surface area contributed by atoms with E-state index in [1.807, 2.05) is 0 Å². The summed E-state index contributed by atoms with van der Waals surface area (Å²) in [6, 6.07) is 1.07. The largest absolute Gasteiger partial charge is 0.471 e. The van der Waals surface area contributed by atoms with Crippen molar-refractivity contribution in [3.8, 4) is 5.88 Å². The summed E-state index contributed by atoms with van der Waals surface area (Å²) in [7, 11) is 0. The molecule has 130 valence electrons. The highest BCUT2D eigenvalue weighted by Gasteiger charge is 2.19. The molecule has 1 unspecified atom stereocenters. The van der Waals surface area contributed by atoms with Crippen molar-refractivity contribution >= 4 is 29.0 Å². The van der Waals surface area contributed by atoms with Gasteiger partial charge in [-0.25, -0.2) is 28.1 Å². The third-order valence-corrected chi connectivity index (χ3v) is 3.42. The van der Waals surface area contributed by atoms with Crippen molar-refractivity contribution in [1.29, 1.82) is 0 Å². The van der Waals surface area contributed by atoms with Gasteiger partial charge in [0.15, 0.2) is 5.82 Å². The SMILES string of the molecule is Cc1nc(NCC(C)Oc2ncc(Cl)cc2F)c(Cl)c(C(F)F)n1. The lowest BCUT2D eigenvalue weighted by Gasteiger charge is -2.17. The number of anilines is 1. The van der Waals surface area contributed by atoms with E-state index in [2.05, 4.69) is 20.3 Å². The fraction of sp³-hybridized carbons (Fsp3) is 0.357. The van der Waals surface area contributed by atoms with E-state index in [1.165, 1.54) is 13.1 Å². The van der Waals surface area contributed by atoms with Crippen LogP contribution < -0.4 is 10.1 Å². The van der Waals surface area contributed by atoms with Gasteiger partial charge in [-0.2, -0.15) is 0 Å². The van der Waals surface area contributed by atoms with E-state index in [0.717, 1.165) is 6.07 Å². The highest BCUT2D eigenvalue weighted by atomic mass is 35.5. The second kappa shape index (κ2) is 7.85. The molecule has 1 N–H and O–H groups in total. The summed E-state index contributed by atoms with van der Waals surface area (Å²) in [4.78, 5) is 11.3. The van der Waals surface area contributed by atoms with Crippen LogP contribution in [0.3, 0.4) is 0 Å². The van der Waals surface area contributed by atoms with Crippen molar-refractivity contribution < 1.29 is 17.9 Å². The number of halogens is 5. The molecule has 5 nitrogen and oxygen atoms in total. The third-order valence-electron chi connectivity index (χ3n) is 2.84. The molecular weight excluding hydrogens is 368 g/mol. The molecule has 0 radical (unpaired) electrons. The van der Waals surface area contributed by atoms with Crippen molar-refractivity contribution in [2.75, 3.05) is 11.9 Å². The van der Waals surface area contributed by atoms with Gasteiger partial charge in [0.1, 0.15) is 28.5 Å². The Hall–Kier alpha value is -1.80. The van der Waals surface area contributed by atoms with Crippen molar-refractivity contribution in [3.05, 3.63) is 39.6 Å². The van der Waals surface area contributed by atoms with E-state index < -0.39 is 24.0 Å². The number of aromatic nitrogens is 3. The minimum absolute atomic E-state index is 0.0550. The third kappa shape index (κ3) is 4.61. The number of alkyl halides is 2. The summed E-state index contributed by atoms with van der Waals surface area (Å²) < 4.78 is 44.7. The van der Waals surface area contributed by atoms with E-state index >= 15 is 0 Å². The van der Waals surface area contributed by atoms with Crippen LogP contribution in [-0.4, -0.2) is 27.6 Å². The lowest BCUT2D eigenvalue weighted by Crippen LogP contribution is -2.24. The van der Waals surface area contributed by atoms with Gasteiger partial charge in [0.05, 0.1) is 11.6 Å². The molecule has 0 amide bonds. The lowest BCUT2D eigenvalue weighted by atomic mass is 10.3. The molecule has 0 aliphatic carbocycles. The second-order valence-electron chi connectivity index (χ2n) is 4.87. The Bertz CT molecular complexity index is 733. The maximum Gasteiger partial charge on any atom is 0.282 e. The minimum atomic E-state index is -2.82. The highest BCUT2D eigenvalue weighted by Crippen LogP contribution is 2.30. The van der Waals surface area contributed by atoms with Crippen molar-refractivity contribution in [3.63, 3.8) is 0 Å². The van der Waals surface area contributed by atoms with E-state index in [1.54, 1.807) is 6.92 Å². The molecule has 24 heavy (non-hydrogen) atoms. The van der Waals surface area contributed by atoms with Crippen LogP contribution in [0.25, 0.3) is 0 Å². The zero-order chi connectivity index (χ0) is 17.9. The molecule has 0 bridgehead atoms. The van der Waals surface area contributed by atoms with E-state index in [9.17, 15) is 13.2 Å². The Labute approximate surface area is 146 Å². The molecule has 10 heteroatoms. The molecule has 0 aliphatic rings. The van der Waals surface area contributed by atoms with Gasteiger partial charge >= 0.3 is 0 Å². The van der Waals surface area contributed by atoms with Gasteiger partial charge in [-0.15, -0.1) is 0 Å². The normalized spacial score (nSPS) is 12.3. The topological polar surface area (TPSA) is 59.9 Å². The predicted molar refractivity (Wildman–Crippen MR) is 84.5 cm³/mol. The number of hydrogen-bond acceptors (Lipinski definition) is 5. The number of nitrogens with one attached hydrogen (secondary N) is 1. The van der Waals surface area contributed by atoms with Crippen LogP contribution in [-0.2, 0) is 0 Å². The first kappa shape index (κ1) is 18.5. The van der Waals surface area contributed by atoms with Gasteiger partial charge in [-0.05, 0) is 19.9 Å².